The summed E-state index contributed by atoms with van der Waals surface area (Å²) in [6, 6.07) is 6.53. The van der Waals surface area contributed by atoms with Gasteiger partial charge in [-0.15, -0.1) is 10.2 Å². The van der Waals surface area contributed by atoms with Gasteiger partial charge in [-0.25, -0.2) is 0 Å². The molecule has 1 aromatic carbocycles. The number of carbonyl (C=O) groups excluding carboxylic acids is 2. The summed E-state index contributed by atoms with van der Waals surface area (Å²) in [7, 11) is 0. The highest BCUT2D eigenvalue weighted by atomic mass is 35.5. The Kier molecular flexibility index (Phi) is 5.57. The van der Waals surface area contributed by atoms with Crippen LogP contribution in [-0.4, -0.2) is 32.3 Å². The van der Waals surface area contributed by atoms with Crippen molar-refractivity contribution in [1.82, 2.24) is 20.1 Å². The number of imide groups is 1. The van der Waals surface area contributed by atoms with Crippen molar-refractivity contribution in [1.29, 1.82) is 0 Å². The number of hydrogen-bond donors (Lipinski definition) is 1. The molecule has 2 amide bonds. The van der Waals surface area contributed by atoms with E-state index in [1.807, 2.05) is 18.4 Å². The number of aromatic nitrogens is 3. The Morgan fingerprint density at radius 1 is 1.32 bits per heavy atom. The van der Waals surface area contributed by atoms with Crippen LogP contribution < -0.4 is 5.32 Å². The molecule has 22 heavy (non-hydrogen) atoms. The van der Waals surface area contributed by atoms with Gasteiger partial charge in [0.15, 0.2) is 5.16 Å². The normalized spacial score (nSPS) is 10.7. The second-order valence-electron chi connectivity index (χ2n) is 4.79. The van der Waals surface area contributed by atoms with Crippen molar-refractivity contribution in [3.8, 4) is 0 Å². The van der Waals surface area contributed by atoms with Gasteiger partial charge in [-0.3, -0.25) is 14.9 Å². The predicted molar refractivity (Wildman–Crippen MR) is 85.1 cm³/mol. The second-order valence-corrected chi connectivity index (χ2v) is 6.17. The quantitative estimate of drug-likeness (QED) is 0.848. The number of nitrogens with one attached hydrogen (secondary N) is 1. The maximum absolute atomic E-state index is 11.9. The van der Waals surface area contributed by atoms with E-state index in [1.165, 1.54) is 11.8 Å². The molecule has 6 nitrogen and oxygen atoms in total. The van der Waals surface area contributed by atoms with E-state index >= 15 is 0 Å². The van der Waals surface area contributed by atoms with Crippen molar-refractivity contribution < 1.29 is 9.59 Å². The first-order valence-electron chi connectivity index (χ1n) is 6.59. The third kappa shape index (κ3) is 4.32. The van der Waals surface area contributed by atoms with Crippen molar-refractivity contribution in [2.24, 2.45) is 0 Å². The molecule has 0 radical (unpaired) electrons. The molecule has 0 fully saturated rings. The predicted octanol–water partition coefficient (Wildman–Crippen LogP) is 2.56. The van der Waals surface area contributed by atoms with Gasteiger partial charge >= 0.3 is 0 Å². The Morgan fingerprint density at radius 2 is 2.00 bits per heavy atom. The van der Waals surface area contributed by atoms with Crippen LogP contribution in [0.2, 0.25) is 5.02 Å². The van der Waals surface area contributed by atoms with Crippen molar-refractivity contribution in [2.45, 2.75) is 25.0 Å². The molecule has 0 unspecified atom stereocenters. The van der Waals surface area contributed by atoms with Crippen LogP contribution >= 0.6 is 23.4 Å². The number of carbonyl (C=O) groups is 2. The SMILES string of the molecule is CC(C)n1cnnc1SCC(=O)NC(=O)c1ccc(Cl)cc1. The molecule has 0 saturated carbocycles. The van der Waals surface area contributed by atoms with Crippen LogP contribution in [0.1, 0.15) is 30.2 Å². The van der Waals surface area contributed by atoms with E-state index in [4.69, 9.17) is 11.6 Å². The van der Waals surface area contributed by atoms with Crippen molar-refractivity contribution in [3.05, 3.63) is 41.2 Å². The average Bonchev–Trinajstić information content (AvgIpc) is 2.94. The van der Waals surface area contributed by atoms with Crippen LogP contribution in [0.3, 0.4) is 0 Å². The molecule has 0 aliphatic rings. The zero-order valence-corrected chi connectivity index (χ0v) is 13.7. The minimum absolute atomic E-state index is 0.0880. The topological polar surface area (TPSA) is 76.9 Å². The standard InChI is InChI=1S/C14H15ClN4O2S/c1-9(2)19-8-16-18-14(19)22-7-12(20)17-13(21)10-3-5-11(15)6-4-10/h3-6,8-9H,7H2,1-2H3,(H,17,20,21). The van der Waals surface area contributed by atoms with Crippen LogP contribution in [-0.2, 0) is 4.79 Å². The molecule has 1 N–H and O–H groups in total. The van der Waals surface area contributed by atoms with Gasteiger partial charge in [0.2, 0.25) is 5.91 Å². The van der Waals surface area contributed by atoms with Gasteiger partial charge < -0.3 is 4.57 Å². The van der Waals surface area contributed by atoms with Crippen LogP contribution in [0.5, 0.6) is 0 Å². The molecule has 2 rings (SSSR count). The molecule has 0 aliphatic carbocycles. The highest BCUT2D eigenvalue weighted by molar-refractivity contribution is 7.99. The first-order valence-corrected chi connectivity index (χ1v) is 7.96. The van der Waals surface area contributed by atoms with Crippen LogP contribution in [0, 0.1) is 0 Å². The molecule has 1 heterocycles. The van der Waals surface area contributed by atoms with E-state index in [9.17, 15) is 9.59 Å². The van der Waals surface area contributed by atoms with Gasteiger partial charge in [-0.1, -0.05) is 23.4 Å². The molecule has 0 atom stereocenters. The monoisotopic (exact) mass is 338 g/mol. The third-order valence-corrected chi connectivity index (χ3v) is 4.00. The third-order valence-electron chi connectivity index (χ3n) is 2.79. The minimum atomic E-state index is -0.451. The molecule has 0 aliphatic heterocycles. The number of hydrogen-bond acceptors (Lipinski definition) is 5. The lowest BCUT2D eigenvalue weighted by molar-refractivity contribution is -0.117. The maximum atomic E-state index is 11.9. The summed E-state index contributed by atoms with van der Waals surface area (Å²) >= 11 is 6.99. The Bertz CT molecular complexity index is 670. The summed E-state index contributed by atoms with van der Waals surface area (Å²) in [5.74, 6) is -0.749. The number of rotatable bonds is 5. The smallest absolute Gasteiger partial charge is 0.257 e. The Labute approximate surface area is 137 Å². The van der Waals surface area contributed by atoms with E-state index in [2.05, 4.69) is 15.5 Å². The van der Waals surface area contributed by atoms with Gasteiger partial charge in [0.25, 0.3) is 5.91 Å². The van der Waals surface area contributed by atoms with E-state index in [1.54, 1.807) is 30.6 Å². The van der Waals surface area contributed by atoms with Crippen molar-refractivity contribution in [2.75, 3.05) is 5.75 Å². The average molecular weight is 339 g/mol. The first kappa shape index (κ1) is 16.5. The fourth-order valence-electron chi connectivity index (χ4n) is 1.66. The second kappa shape index (κ2) is 7.42. The molecular weight excluding hydrogens is 324 g/mol. The van der Waals surface area contributed by atoms with Gasteiger partial charge in [0.05, 0.1) is 5.75 Å². The van der Waals surface area contributed by atoms with Crippen LogP contribution in [0.4, 0.5) is 0 Å². The number of thioether (sulfide) groups is 1. The Hall–Kier alpha value is -1.86. The summed E-state index contributed by atoms with van der Waals surface area (Å²) in [5.41, 5.74) is 0.382. The lowest BCUT2D eigenvalue weighted by atomic mass is 10.2. The molecule has 2 aromatic rings. The van der Waals surface area contributed by atoms with Crippen molar-refractivity contribution >= 4 is 35.2 Å². The van der Waals surface area contributed by atoms with E-state index in [0.29, 0.717) is 15.7 Å². The Balaban J connectivity index is 1.89. The molecule has 8 heteroatoms. The summed E-state index contributed by atoms with van der Waals surface area (Å²) in [4.78, 5) is 23.7. The van der Waals surface area contributed by atoms with E-state index < -0.39 is 5.91 Å². The first-order chi connectivity index (χ1) is 10.5. The van der Waals surface area contributed by atoms with Gasteiger partial charge in [0.1, 0.15) is 6.33 Å². The van der Waals surface area contributed by atoms with Gasteiger partial charge in [-0.2, -0.15) is 0 Å². The lowest BCUT2D eigenvalue weighted by Gasteiger charge is -2.09. The largest absolute Gasteiger partial charge is 0.306 e. The summed E-state index contributed by atoms with van der Waals surface area (Å²) in [5, 5.41) is 11.3. The van der Waals surface area contributed by atoms with E-state index in [0.717, 1.165) is 0 Å². The summed E-state index contributed by atoms with van der Waals surface area (Å²) < 4.78 is 1.86. The fourth-order valence-corrected chi connectivity index (χ4v) is 2.63. The van der Waals surface area contributed by atoms with Gasteiger partial charge in [0, 0.05) is 16.6 Å². The van der Waals surface area contributed by atoms with Crippen LogP contribution in [0.25, 0.3) is 0 Å². The maximum Gasteiger partial charge on any atom is 0.257 e. The molecule has 1 aromatic heterocycles. The molecule has 0 bridgehead atoms. The zero-order valence-electron chi connectivity index (χ0n) is 12.1. The highest BCUT2D eigenvalue weighted by Crippen LogP contribution is 2.18. The Morgan fingerprint density at radius 3 is 2.64 bits per heavy atom. The zero-order chi connectivity index (χ0) is 16.1. The number of amides is 2. The minimum Gasteiger partial charge on any atom is -0.306 e. The molecule has 0 saturated heterocycles. The van der Waals surface area contributed by atoms with Gasteiger partial charge in [-0.05, 0) is 38.1 Å². The lowest BCUT2D eigenvalue weighted by Crippen LogP contribution is -2.31. The number of benzene rings is 1. The summed E-state index contributed by atoms with van der Waals surface area (Å²) in [6.07, 6.45) is 1.61. The number of nitrogens with zero attached hydrogens (tertiary/aromatic N) is 3. The molecular formula is C14H15ClN4O2S. The summed E-state index contributed by atoms with van der Waals surface area (Å²) in [6.45, 7) is 4.00. The molecule has 116 valence electrons. The van der Waals surface area contributed by atoms with E-state index in [-0.39, 0.29) is 17.7 Å². The highest BCUT2D eigenvalue weighted by Gasteiger charge is 2.13. The molecule has 0 spiro atoms. The fraction of sp³-hybridized carbons (Fsp3) is 0.286. The van der Waals surface area contributed by atoms with Crippen LogP contribution in [0.15, 0.2) is 35.7 Å². The van der Waals surface area contributed by atoms with Crippen molar-refractivity contribution in [3.63, 3.8) is 0 Å². The number of halogens is 1.